The van der Waals surface area contributed by atoms with E-state index in [1.807, 2.05) is 18.1 Å². The number of aromatic nitrogens is 1. The molecule has 1 atom stereocenters. The lowest BCUT2D eigenvalue weighted by Gasteiger charge is -2.37. The lowest BCUT2D eigenvalue weighted by atomic mass is 10.1. The van der Waals surface area contributed by atoms with Gasteiger partial charge in [0.05, 0.1) is 0 Å². The molecule has 4 rings (SSSR count). The molecule has 0 saturated carbocycles. The third kappa shape index (κ3) is 5.03. The Bertz CT molecular complexity index is 735. The fourth-order valence-corrected chi connectivity index (χ4v) is 4.49. The number of nitrogens with zero attached hydrogens (tertiary/aromatic N) is 5. The smallest absolute Gasteiger partial charge is 0.251 e. The number of carbonyl (C=O) groups is 1. The topological polar surface area (TPSA) is 73.3 Å². The van der Waals surface area contributed by atoms with Gasteiger partial charge in [0.1, 0.15) is 11.9 Å². The second-order valence-electron chi connectivity index (χ2n) is 8.28. The van der Waals surface area contributed by atoms with E-state index in [0.29, 0.717) is 26.2 Å². The molecule has 0 spiro atoms. The largest absolute Gasteiger partial charge is 0.368 e. The molecule has 1 aromatic rings. The van der Waals surface area contributed by atoms with Crippen molar-refractivity contribution in [3.8, 4) is 0 Å². The van der Waals surface area contributed by atoms with Gasteiger partial charge in [-0.25, -0.2) is 4.98 Å². The number of ether oxygens (including phenoxy) is 1. The van der Waals surface area contributed by atoms with Crippen molar-refractivity contribution < 1.29 is 9.53 Å². The summed E-state index contributed by atoms with van der Waals surface area (Å²) < 4.78 is 5.55. The number of anilines is 1. The lowest BCUT2D eigenvalue weighted by molar-refractivity contribution is -0.142. The predicted octanol–water partition coefficient (Wildman–Crippen LogP) is 1.47. The van der Waals surface area contributed by atoms with E-state index in [9.17, 15) is 4.79 Å². The standard InChI is InChI=1S/C22H34N6O2/c1-23-22(28-13-11-27(12-14-28)21(29)19-6-5-15-30-19)25-17-18-7-8-24-20(16-18)26-9-3-2-4-10-26/h7-8,16,19H,2-6,9-15,17H2,1H3,(H,23,25). The molecule has 1 N–H and O–H groups in total. The Kier molecular flexibility index (Phi) is 7.04. The molecule has 3 aliphatic heterocycles. The fourth-order valence-electron chi connectivity index (χ4n) is 4.49. The molecule has 0 radical (unpaired) electrons. The maximum Gasteiger partial charge on any atom is 0.251 e. The first kappa shape index (κ1) is 20.9. The summed E-state index contributed by atoms with van der Waals surface area (Å²) in [5.41, 5.74) is 1.21. The first-order valence-corrected chi connectivity index (χ1v) is 11.3. The quantitative estimate of drug-likeness (QED) is 0.594. The third-order valence-electron chi connectivity index (χ3n) is 6.25. The van der Waals surface area contributed by atoms with Gasteiger partial charge in [0.2, 0.25) is 0 Å². The van der Waals surface area contributed by atoms with Crippen molar-refractivity contribution in [3.05, 3.63) is 23.9 Å². The highest BCUT2D eigenvalue weighted by Crippen LogP contribution is 2.19. The molecule has 1 aromatic heterocycles. The minimum atomic E-state index is -0.227. The van der Waals surface area contributed by atoms with Crippen LogP contribution in [-0.2, 0) is 16.1 Å². The van der Waals surface area contributed by atoms with Crippen LogP contribution in [-0.4, -0.2) is 85.7 Å². The van der Waals surface area contributed by atoms with Gasteiger partial charge in [-0.3, -0.25) is 9.79 Å². The zero-order valence-corrected chi connectivity index (χ0v) is 18.1. The van der Waals surface area contributed by atoms with Crippen molar-refractivity contribution in [2.24, 2.45) is 4.99 Å². The highest BCUT2D eigenvalue weighted by atomic mass is 16.5. The summed E-state index contributed by atoms with van der Waals surface area (Å²) in [6.45, 7) is 6.62. The van der Waals surface area contributed by atoms with Gasteiger partial charge in [0.15, 0.2) is 5.96 Å². The van der Waals surface area contributed by atoms with Crippen LogP contribution in [0.25, 0.3) is 0 Å². The summed E-state index contributed by atoms with van der Waals surface area (Å²) in [5, 5.41) is 3.49. The summed E-state index contributed by atoms with van der Waals surface area (Å²) in [5.74, 6) is 2.11. The van der Waals surface area contributed by atoms with Crippen LogP contribution < -0.4 is 10.2 Å². The number of aliphatic imine (C=N–C) groups is 1. The maximum atomic E-state index is 12.5. The van der Waals surface area contributed by atoms with Crippen molar-refractivity contribution >= 4 is 17.7 Å². The van der Waals surface area contributed by atoms with E-state index in [1.54, 1.807) is 0 Å². The lowest BCUT2D eigenvalue weighted by Crippen LogP contribution is -2.55. The van der Waals surface area contributed by atoms with Gasteiger partial charge in [0.25, 0.3) is 5.91 Å². The molecule has 8 heteroatoms. The number of nitrogens with one attached hydrogen (secondary N) is 1. The van der Waals surface area contributed by atoms with E-state index in [-0.39, 0.29) is 12.0 Å². The van der Waals surface area contributed by atoms with Crippen LogP contribution >= 0.6 is 0 Å². The average molecular weight is 415 g/mol. The minimum Gasteiger partial charge on any atom is -0.368 e. The van der Waals surface area contributed by atoms with Crippen LogP contribution in [0.3, 0.4) is 0 Å². The zero-order valence-electron chi connectivity index (χ0n) is 18.1. The fraction of sp³-hybridized carbons (Fsp3) is 0.682. The average Bonchev–Trinajstić information content (AvgIpc) is 3.35. The number of piperazine rings is 1. The molecule has 0 bridgehead atoms. The molecule has 3 aliphatic rings. The van der Waals surface area contributed by atoms with E-state index in [1.165, 1.54) is 24.8 Å². The van der Waals surface area contributed by atoms with Crippen molar-refractivity contribution in [3.63, 3.8) is 0 Å². The molecule has 3 saturated heterocycles. The number of amides is 1. The molecule has 30 heavy (non-hydrogen) atoms. The summed E-state index contributed by atoms with van der Waals surface area (Å²) >= 11 is 0. The zero-order chi connectivity index (χ0) is 20.8. The first-order chi connectivity index (χ1) is 14.7. The molecule has 3 fully saturated rings. The number of piperidine rings is 1. The Hall–Kier alpha value is -2.35. The number of rotatable bonds is 4. The number of hydrogen-bond donors (Lipinski definition) is 1. The van der Waals surface area contributed by atoms with Crippen LogP contribution in [0.5, 0.6) is 0 Å². The second-order valence-corrected chi connectivity index (χ2v) is 8.28. The van der Waals surface area contributed by atoms with Gasteiger partial charge in [-0.1, -0.05) is 0 Å². The monoisotopic (exact) mass is 414 g/mol. The Labute approximate surface area is 179 Å². The first-order valence-electron chi connectivity index (χ1n) is 11.3. The van der Waals surface area contributed by atoms with Gasteiger partial charge in [-0.05, 0) is 49.8 Å². The summed E-state index contributed by atoms with van der Waals surface area (Å²) in [6.07, 6.45) is 7.33. The van der Waals surface area contributed by atoms with Gasteiger partial charge >= 0.3 is 0 Å². The van der Waals surface area contributed by atoms with E-state index >= 15 is 0 Å². The molecule has 1 unspecified atom stereocenters. The number of hydrogen-bond acceptors (Lipinski definition) is 5. The van der Waals surface area contributed by atoms with Crippen LogP contribution in [0.15, 0.2) is 23.3 Å². The highest BCUT2D eigenvalue weighted by molar-refractivity contribution is 5.82. The Morgan fingerprint density at radius 3 is 2.60 bits per heavy atom. The van der Waals surface area contributed by atoms with E-state index < -0.39 is 0 Å². The number of guanidine groups is 1. The van der Waals surface area contributed by atoms with Crippen molar-refractivity contribution in [1.29, 1.82) is 0 Å². The predicted molar refractivity (Wildman–Crippen MR) is 118 cm³/mol. The van der Waals surface area contributed by atoms with E-state index in [4.69, 9.17) is 4.74 Å². The Morgan fingerprint density at radius 1 is 1.13 bits per heavy atom. The summed E-state index contributed by atoms with van der Waals surface area (Å²) in [6, 6.07) is 4.25. The van der Waals surface area contributed by atoms with Crippen molar-refractivity contribution in [2.45, 2.75) is 44.8 Å². The van der Waals surface area contributed by atoms with Crippen LogP contribution in [0.2, 0.25) is 0 Å². The van der Waals surface area contributed by atoms with E-state index in [2.05, 4.69) is 37.2 Å². The maximum absolute atomic E-state index is 12.5. The molecule has 164 valence electrons. The van der Waals surface area contributed by atoms with Gasteiger partial charge < -0.3 is 24.8 Å². The number of pyridine rings is 1. The molecule has 0 aromatic carbocycles. The molecular formula is C22H34N6O2. The molecular weight excluding hydrogens is 380 g/mol. The third-order valence-corrected chi connectivity index (χ3v) is 6.25. The molecule has 4 heterocycles. The van der Waals surface area contributed by atoms with Gasteiger partial charge in [0, 0.05) is 65.7 Å². The molecule has 1 amide bonds. The van der Waals surface area contributed by atoms with Crippen molar-refractivity contribution in [1.82, 2.24) is 20.1 Å². The highest BCUT2D eigenvalue weighted by Gasteiger charge is 2.30. The minimum absolute atomic E-state index is 0.150. The van der Waals surface area contributed by atoms with Crippen LogP contribution in [0.4, 0.5) is 5.82 Å². The van der Waals surface area contributed by atoms with Gasteiger partial charge in [-0.2, -0.15) is 0 Å². The summed E-state index contributed by atoms with van der Waals surface area (Å²) in [4.78, 5) is 28.1. The summed E-state index contributed by atoms with van der Waals surface area (Å²) in [7, 11) is 1.82. The molecule has 0 aliphatic carbocycles. The Balaban J connectivity index is 1.28. The Morgan fingerprint density at radius 2 is 1.90 bits per heavy atom. The number of carbonyl (C=O) groups excluding carboxylic acids is 1. The van der Waals surface area contributed by atoms with Crippen LogP contribution in [0.1, 0.15) is 37.7 Å². The van der Waals surface area contributed by atoms with Gasteiger partial charge in [-0.15, -0.1) is 0 Å². The van der Waals surface area contributed by atoms with Crippen molar-refractivity contribution in [2.75, 3.05) is 57.8 Å². The molecule has 8 nitrogen and oxygen atoms in total. The van der Waals surface area contributed by atoms with E-state index in [0.717, 1.165) is 50.8 Å². The normalized spacial score (nSPS) is 23.0. The SMILES string of the molecule is CN=C(NCc1ccnc(N2CCCCC2)c1)N1CCN(C(=O)C2CCCO2)CC1. The van der Waals surface area contributed by atoms with Crippen LogP contribution in [0, 0.1) is 0 Å². The second kappa shape index (κ2) is 10.1.